The largest absolute Gasteiger partial charge is 0.465 e. The lowest BCUT2D eigenvalue weighted by Crippen LogP contribution is -2.51. The molecule has 1 aliphatic rings. The minimum atomic E-state index is -0.958. The maximum absolute atomic E-state index is 12.4. The Morgan fingerprint density at radius 2 is 2.10 bits per heavy atom. The second-order valence-corrected chi connectivity index (χ2v) is 4.92. The first-order valence-corrected chi connectivity index (χ1v) is 6.48. The number of hydrogen-bond acceptors (Lipinski definition) is 4. The molecule has 108 valence electrons. The van der Waals surface area contributed by atoms with E-state index in [0.29, 0.717) is 31.7 Å². The van der Waals surface area contributed by atoms with Gasteiger partial charge in [-0.25, -0.2) is 9.78 Å². The van der Waals surface area contributed by atoms with Gasteiger partial charge >= 0.3 is 6.09 Å². The molecule has 7 nitrogen and oxygen atoms in total. The van der Waals surface area contributed by atoms with Crippen molar-refractivity contribution in [3.05, 3.63) is 24.4 Å². The van der Waals surface area contributed by atoms with Gasteiger partial charge in [-0.3, -0.25) is 4.79 Å². The van der Waals surface area contributed by atoms with Crippen molar-refractivity contribution in [2.45, 2.75) is 12.8 Å². The highest BCUT2D eigenvalue weighted by atomic mass is 16.4. The number of carbonyl (C=O) groups excluding carboxylic acids is 1. The Morgan fingerprint density at radius 1 is 1.40 bits per heavy atom. The lowest BCUT2D eigenvalue weighted by molar-refractivity contribution is -0.127. The van der Waals surface area contributed by atoms with E-state index in [0.717, 1.165) is 0 Å². The predicted octanol–water partition coefficient (Wildman–Crippen LogP) is 0.739. The van der Waals surface area contributed by atoms with Gasteiger partial charge in [0.2, 0.25) is 5.91 Å². The van der Waals surface area contributed by atoms with Gasteiger partial charge in [0.05, 0.1) is 5.41 Å². The predicted molar refractivity (Wildman–Crippen MR) is 73.2 cm³/mol. The molecule has 0 radical (unpaired) electrons. The van der Waals surface area contributed by atoms with Crippen LogP contribution in [0.4, 0.5) is 10.6 Å². The van der Waals surface area contributed by atoms with Crippen molar-refractivity contribution in [2.24, 2.45) is 11.1 Å². The van der Waals surface area contributed by atoms with Crippen LogP contribution in [0.5, 0.6) is 0 Å². The van der Waals surface area contributed by atoms with Crippen molar-refractivity contribution in [3.8, 4) is 0 Å². The molecule has 0 saturated carbocycles. The van der Waals surface area contributed by atoms with Crippen molar-refractivity contribution < 1.29 is 14.7 Å². The van der Waals surface area contributed by atoms with Gasteiger partial charge in [0, 0.05) is 25.8 Å². The van der Waals surface area contributed by atoms with Crippen LogP contribution in [0.3, 0.4) is 0 Å². The highest BCUT2D eigenvalue weighted by Gasteiger charge is 2.41. The van der Waals surface area contributed by atoms with Crippen LogP contribution < -0.4 is 11.1 Å². The maximum Gasteiger partial charge on any atom is 0.407 e. The third-order valence-electron chi connectivity index (χ3n) is 3.77. The number of carbonyl (C=O) groups is 2. The minimum absolute atomic E-state index is 0.191. The maximum atomic E-state index is 12.4. The van der Waals surface area contributed by atoms with E-state index in [4.69, 9.17) is 10.8 Å². The molecule has 2 rings (SSSR count). The lowest BCUT2D eigenvalue weighted by Gasteiger charge is -2.38. The number of piperidine rings is 1. The molecule has 0 atom stereocenters. The molecule has 7 heteroatoms. The molecule has 2 heterocycles. The number of nitrogens with zero attached hydrogens (tertiary/aromatic N) is 2. The number of carboxylic acid groups (broad SMARTS) is 1. The summed E-state index contributed by atoms with van der Waals surface area (Å²) in [5.74, 6) is 0.287. The van der Waals surface area contributed by atoms with Gasteiger partial charge < -0.3 is 21.1 Å². The first-order valence-electron chi connectivity index (χ1n) is 6.48. The highest BCUT2D eigenvalue weighted by molar-refractivity contribution is 5.95. The van der Waals surface area contributed by atoms with E-state index in [2.05, 4.69) is 10.3 Å². The number of pyridine rings is 1. The molecule has 0 unspecified atom stereocenters. The number of hydrogen-bond donors (Lipinski definition) is 3. The van der Waals surface area contributed by atoms with Gasteiger partial charge in [-0.2, -0.15) is 0 Å². The molecule has 0 aliphatic carbocycles. The number of amides is 2. The average Bonchev–Trinajstić information content (AvgIpc) is 2.48. The van der Waals surface area contributed by atoms with E-state index in [9.17, 15) is 9.59 Å². The van der Waals surface area contributed by atoms with E-state index in [-0.39, 0.29) is 12.5 Å². The molecular formula is C13H18N4O3. The van der Waals surface area contributed by atoms with Crippen molar-refractivity contribution in [3.63, 3.8) is 0 Å². The Bertz CT molecular complexity index is 484. The summed E-state index contributed by atoms with van der Waals surface area (Å²) in [4.78, 5) is 28.7. The Labute approximate surface area is 116 Å². The quantitative estimate of drug-likeness (QED) is 0.755. The van der Waals surface area contributed by atoms with Gasteiger partial charge in [-0.15, -0.1) is 0 Å². The van der Waals surface area contributed by atoms with Gasteiger partial charge in [-0.05, 0) is 25.0 Å². The molecule has 1 aromatic rings. The topological polar surface area (TPSA) is 109 Å². The van der Waals surface area contributed by atoms with Gasteiger partial charge in [0.15, 0.2) is 0 Å². The van der Waals surface area contributed by atoms with E-state index >= 15 is 0 Å². The summed E-state index contributed by atoms with van der Waals surface area (Å²) in [6.45, 7) is 0.837. The smallest absolute Gasteiger partial charge is 0.407 e. The second-order valence-electron chi connectivity index (χ2n) is 4.92. The summed E-state index contributed by atoms with van der Waals surface area (Å²) in [5.41, 5.74) is 5.05. The van der Waals surface area contributed by atoms with E-state index in [1.54, 1.807) is 24.4 Å². The zero-order chi connectivity index (χ0) is 14.6. The number of anilines is 1. The molecule has 1 fully saturated rings. The standard InChI is InChI=1S/C13H18N4O3/c14-9-13(4-7-17(8-5-13)12(19)20)11(18)16-10-3-1-2-6-15-10/h1-3,6H,4-5,7-9,14H2,(H,19,20)(H,15,16,18). The van der Waals surface area contributed by atoms with Crippen LogP contribution in [0.25, 0.3) is 0 Å². The highest BCUT2D eigenvalue weighted by Crippen LogP contribution is 2.31. The van der Waals surface area contributed by atoms with Crippen LogP contribution >= 0.6 is 0 Å². The Kier molecular flexibility index (Phi) is 4.19. The molecule has 1 saturated heterocycles. The van der Waals surface area contributed by atoms with Gasteiger partial charge in [0.1, 0.15) is 5.82 Å². The molecule has 0 aromatic carbocycles. The Hall–Kier alpha value is -2.15. The summed E-state index contributed by atoms with van der Waals surface area (Å²) in [6.07, 6.45) is 1.49. The lowest BCUT2D eigenvalue weighted by atomic mass is 9.77. The zero-order valence-electron chi connectivity index (χ0n) is 11.1. The van der Waals surface area contributed by atoms with Gasteiger partial charge in [0.25, 0.3) is 0 Å². The van der Waals surface area contributed by atoms with Crippen LogP contribution in [0, 0.1) is 5.41 Å². The molecule has 20 heavy (non-hydrogen) atoms. The molecule has 0 spiro atoms. The third kappa shape index (κ3) is 2.88. The van der Waals surface area contributed by atoms with E-state index in [1.165, 1.54) is 4.90 Å². The van der Waals surface area contributed by atoms with Crippen molar-refractivity contribution in [2.75, 3.05) is 25.0 Å². The van der Waals surface area contributed by atoms with Crippen molar-refractivity contribution >= 4 is 17.8 Å². The summed E-state index contributed by atoms with van der Waals surface area (Å²) < 4.78 is 0. The molecule has 1 aliphatic heterocycles. The fourth-order valence-corrected chi connectivity index (χ4v) is 2.34. The van der Waals surface area contributed by atoms with Crippen LogP contribution in [0.1, 0.15) is 12.8 Å². The zero-order valence-corrected chi connectivity index (χ0v) is 11.1. The summed E-state index contributed by atoms with van der Waals surface area (Å²) in [7, 11) is 0. The fraction of sp³-hybridized carbons (Fsp3) is 0.462. The van der Waals surface area contributed by atoms with Gasteiger partial charge in [-0.1, -0.05) is 6.07 Å². The fourth-order valence-electron chi connectivity index (χ4n) is 2.34. The van der Waals surface area contributed by atoms with Crippen LogP contribution in [0.2, 0.25) is 0 Å². The number of rotatable bonds is 3. The normalized spacial score (nSPS) is 17.6. The van der Waals surface area contributed by atoms with Crippen LogP contribution in [-0.2, 0) is 4.79 Å². The molecule has 0 bridgehead atoms. The second kappa shape index (κ2) is 5.87. The molecule has 2 amide bonds. The monoisotopic (exact) mass is 278 g/mol. The molecular weight excluding hydrogens is 260 g/mol. The summed E-state index contributed by atoms with van der Waals surface area (Å²) in [6, 6.07) is 5.25. The molecule has 4 N–H and O–H groups in total. The minimum Gasteiger partial charge on any atom is -0.465 e. The Balaban J connectivity index is 2.05. The number of likely N-dealkylation sites (tertiary alicyclic amines) is 1. The number of nitrogens with one attached hydrogen (secondary N) is 1. The molecule has 1 aromatic heterocycles. The first-order chi connectivity index (χ1) is 9.57. The number of aromatic nitrogens is 1. The van der Waals surface area contributed by atoms with Crippen molar-refractivity contribution in [1.29, 1.82) is 0 Å². The Morgan fingerprint density at radius 3 is 2.60 bits per heavy atom. The van der Waals surface area contributed by atoms with Crippen LogP contribution in [0.15, 0.2) is 24.4 Å². The SMILES string of the molecule is NCC1(C(=O)Nc2ccccn2)CCN(C(=O)O)CC1. The summed E-state index contributed by atoms with van der Waals surface area (Å²) in [5, 5.41) is 11.7. The summed E-state index contributed by atoms with van der Waals surface area (Å²) >= 11 is 0. The van der Waals surface area contributed by atoms with E-state index in [1.807, 2.05) is 0 Å². The van der Waals surface area contributed by atoms with E-state index < -0.39 is 11.5 Å². The van der Waals surface area contributed by atoms with Crippen LogP contribution in [-0.4, -0.2) is 46.6 Å². The average molecular weight is 278 g/mol. The third-order valence-corrected chi connectivity index (χ3v) is 3.77. The number of nitrogens with two attached hydrogens (primary N) is 1. The first kappa shape index (κ1) is 14.3. The van der Waals surface area contributed by atoms with Crippen molar-refractivity contribution in [1.82, 2.24) is 9.88 Å².